The molecular weight excluding hydrogens is 230 g/mol. The Morgan fingerprint density at radius 2 is 1.94 bits per heavy atom. The zero-order chi connectivity index (χ0) is 13.0. The van der Waals surface area contributed by atoms with E-state index in [9.17, 15) is 9.59 Å². The highest BCUT2D eigenvalue weighted by atomic mass is 16.2. The van der Waals surface area contributed by atoms with Gasteiger partial charge in [0.15, 0.2) is 0 Å². The van der Waals surface area contributed by atoms with Crippen LogP contribution >= 0.6 is 0 Å². The van der Waals surface area contributed by atoms with Gasteiger partial charge in [0.2, 0.25) is 0 Å². The Labute approximate surface area is 103 Å². The second-order valence-electron chi connectivity index (χ2n) is 3.81. The van der Waals surface area contributed by atoms with Gasteiger partial charge in [-0.1, -0.05) is 30.3 Å². The quantitative estimate of drug-likeness (QED) is 0.872. The third-order valence-corrected chi connectivity index (χ3v) is 2.66. The van der Waals surface area contributed by atoms with Gasteiger partial charge in [-0.3, -0.25) is 14.3 Å². The second kappa shape index (κ2) is 5.15. The maximum Gasteiger partial charge on any atom is 0.328 e. The van der Waals surface area contributed by atoms with E-state index in [0.29, 0.717) is 0 Å². The molecule has 1 heterocycles. The summed E-state index contributed by atoms with van der Waals surface area (Å²) in [6.45, 7) is 0. The number of nitrogens with one attached hydrogen (secondary N) is 1. The van der Waals surface area contributed by atoms with Crippen LogP contribution in [0.25, 0.3) is 0 Å². The van der Waals surface area contributed by atoms with Gasteiger partial charge in [0, 0.05) is 12.3 Å². The Morgan fingerprint density at radius 1 is 1.22 bits per heavy atom. The number of nitrogens with zero attached hydrogens (tertiary/aromatic N) is 2. The van der Waals surface area contributed by atoms with Gasteiger partial charge < -0.3 is 0 Å². The Kier molecular flexibility index (Phi) is 3.39. The van der Waals surface area contributed by atoms with Crippen molar-refractivity contribution in [3.8, 4) is 6.07 Å². The van der Waals surface area contributed by atoms with E-state index in [1.165, 1.54) is 16.8 Å². The van der Waals surface area contributed by atoms with Gasteiger partial charge in [-0.05, 0) is 5.56 Å². The standard InChI is InChI=1S/C13H11N3O2/c14-8-6-11(10-4-2-1-3-5-10)16-9-7-12(17)15-13(16)18/h1-5,7,9,11H,6H2,(H,15,17,18). The van der Waals surface area contributed by atoms with Gasteiger partial charge in [0.25, 0.3) is 5.56 Å². The number of benzene rings is 1. The minimum Gasteiger partial charge on any atom is -0.292 e. The van der Waals surface area contributed by atoms with Crippen molar-refractivity contribution in [1.29, 1.82) is 5.26 Å². The van der Waals surface area contributed by atoms with Gasteiger partial charge in [0.1, 0.15) is 0 Å². The van der Waals surface area contributed by atoms with E-state index in [1.807, 2.05) is 30.3 Å². The van der Waals surface area contributed by atoms with Crippen molar-refractivity contribution >= 4 is 0 Å². The van der Waals surface area contributed by atoms with Crippen LogP contribution in [-0.2, 0) is 0 Å². The molecule has 0 bridgehead atoms. The molecule has 0 fully saturated rings. The molecular formula is C13H11N3O2. The number of hydrogen-bond donors (Lipinski definition) is 1. The Bertz CT molecular complexity index is 680. The molecule has 0 aliphatic rings. The molecule has 90 valence electrons. The molecule has 1 atom stereocenters. The smallest absolute Gasteiger partial charge is 0.292 e. The summed E-state index contributed by atoms with van der Waals surface area (Å²) in [6.07, 6.45) is 1.58. The van der Waals surface area contributed by atoms with Crippen molar-refractivity contribution in [3.05, 3.63) is 69.0 Å². The average Bonchev–Trinajstić information content (AvgIpc) is 2.38. The van der Waals surface area contributed by atoms with Crippen molar-refractivity contribution in [2.45, 2.75) is 12.5 Å². The molecule has 0 saturated heterocycles. The van der Waals surface area contributed by atoms with Crippen LogP contribution in [0.5, 0.6) is 0 Å². The van der Waals surface area contributed by atoms with Crippen LogP contribution in [0.1, 0.15) is 18.0 Å². The van der Waals surface area contributed by atoms with Crippen molar-refractivity contribution < 1.29 is 0 Å². The van der Waals surface area contributed by atoms with Gasteiger partial charge in [0.05, 0.1) is 18.5 Å². The van der Waals surface area contributed by atoms with E-state index in [-0.39, 0.29) is 12.5 Å². The predicted molar refractivity (Wildman–Crippen MR) is 66.1 cm³/mol. The average molecular weight is 241 g/mol. The predicted octanol–water partition coefficient (Wildman–Crippen LogP) is 1.04. The highest BCUT2D eigenvalue weighted by molar-refractivity contribution is 5.21. The van der Waals surface area contributed by atoms with Crippen LogP contribution in [0.3, 0.4) is 0 Å². The molecule has 5 nitrogen and oxygen atoms in total. The molecule has 0 amide bonds. The molecule has 2 aromatic rings. The van der Waals surface area contributed by atoms with Crippen LogP contribution < -0.4 is 11.2 Å². The summed E-state index contributed by atoms with van der Waals surface area (Å²) in [5.41, 5.74) is -0.0974. The number of rotatable bonds is 3. The van der Waals surface area contributed by atoms with E-state index in [2.05, 4.69) is 11.1 Å². The number of hydrogen-bond acceptors (Lipinski definition) is 3. The monoisotopic (exact) mass is 241 g/mol. The molecule has 0 aliphatic heterocycles. The van der Waals surface area contributed by atoms with Crippen molar-refractivity contribution in [1.82, 2.24) is 9.55 Å². The van der Waals surface area contributed by atoms with Crippen LogP contribution in [0.2, 0.25) is 0 Å². The summed E-state index contributed by atoms with van der Waals surface area (Å²) >= 11 is 0. The molecule has 1 unspecified atom stereocenters. The van der Waals surface area contributed by atoms with Gasteiger partial charge in [-0.15, -0.1) is 0 Å². The van der Waals surface area contributed by atoms with Gasteiger partial charge >= 0.3 is 5.69 Å². The number of aromatic nitrogens is 2. The van der Waals surface area contributed by atoms with Crippen LogP contribution in [-0.4, -0.2) is 9.55 Å². The third kappa shape index (κ3) is 2.38. The fourth-order valence-corrected chi connectivity index (χ4v) is 1.81. The minimum absolute atomic E-state index is 0.163. The Morgan fingerprint density at radius 3 is 2.56 bits per heavy atom. The maximum absolute atomic E-state index is 11.7. The van der Waals surface area contributed by atoms with Crippen LogP contribution in [0, 0.1) is 11.3 Å². The summed E-state index contributed by atoms with van der Waals surface area (Å²) < 4.78 is 1.36. The topological polar surface area (TPSA) is 78.7 Å². The molecule has 18 heavy (non-hydrogen) atoms. The lowest BCUT2D eigenvalue weighted by atomic mass is 10.0. The fourth-order valence-electron chi connectivity index (χ4n) is 1.81. The minimum atomic E-state index is -0.508. The lowest BCUT2D eigenvalue weighted by Crippen LogP contribution is -2.31. The molecule has 1 N–H and O–H groups in total. The SMILES string of the molecule is N#CCC(c1ccccc1)n1ccc(=O)[nH]c1=O. The first-order valence-electron chi connectivity index (χ1n) is 5.46. The first-order chi connectivity index (χ1) is 8.72. The largest absolute Gasteiger partial charge is 0.328 e. The molecule has 0 aliphatic carbocycles. The number of aromatic amines is 1. The Balaban J connectivity index is 2.52. The summed E-state index contributed by atoms with van der Waals surface area (Å²) in [7, 11) is 0. The van der Waals surface area contributed by atoms with Crippen molar-refractivity contribution in [2.24, 2.45) is 0 Å². The lowest BCUT2D eigenvalue weighted by Gasteiger charge is -2.16. The van der Waals surface area contributed by atoms with E-state index in [4.69, 9.17) is 5.26 Å². The molecule has 1 aromatic heterocycles. The first kappa shape index (κ1) is 11.9. The summed E-state index contributed by atoms with van der Waals surface area (Å²) in [4.78, 5) is 24.9. The Hall–Kier alpha value is -2.61. The highest BCUT2D eigenvalue weighted by Gasteiger charge is 2.14. The third-order valence-electron chi connectivity index (χ3n) is 2.66. The van der Waals surface area contributed by atoms with E-state index < -0.39 is 11.2 Å². The lowest BCUT2D eigenvalue weighted by molar-refractivity contribution is 0.560. The first-order valence-corrected chi connectivity index (χ1v) is 5.46. The van der Waals surface area contributed by atoms with E-state index >= 15 is 0 Å². The van der Waals surface area contributed by atoms with Gasteiger partial charge in [-0.25, -0.2) is 4.79 Å². The summed E-state index contributed by atoms with van der Waals surface area (Å²) in [5, 5.41) is 8.87. The summed E-state index contributed by atoms with van der Waals surface area (Å²) in [5.74, 6) is 0. The molecule has 0 radical (unpaired) electrons. The normalized spacial score (nSPS) is 11.7. The number of H-pyrrole nitrogens is 1. The molecule has 1 aromatic carbocycles. The highest BCUT2D eigenvalue weighted by Crippen LogP contribution is 2.19. The zero-order valence-corrected chi connectivity index (χ0v) is 9.54. The van der Waals surface area contributed by atoms with Crippen LogP contribution in [0.4, 0.5) is 0 Å². The van der Waals surface area contributed by atoms with Crippen molar-refractivity contribution in [3.63, 3.8) is 0 Å². The fraction of sp³-hybridized carbons (Fsp3) is 0.154. The molecule has 2 rings (SSSR count). The summed E-state index contributed by atoms with van der Waals surface area (Å²) in [6, 6.07) is 12.2. The van der Waals surface area contributed by atoms with Gasteiger partial charge in [-0.2, -0.15) is 5.26 Å². The maximum atomic E-state index is 11.7. The molecule has 5 heteroatoms. The van der Waals surface area contributed by atoms with Crippen LogP contribution in [0.15, 0.2) is 52.2 Å². The molecule has 0 spiro atoms. The molecule has 0 saturated carbocycles. The van der Waals surface area contributed by atoms with E-state index in [1.54, 1.807) is 0 Å². The number of nitriles is 1. The zero-order valence-electron chi connectivity index (χ0n) is 9.54. The van der Waals surface area contributed by atoms with Crippen molar-refractivity contribution in [2.75, 3.05) is 0 Å². The second-order valence-corrected chi connectivity index (χ2v) is 3.81. The van der Waals surface area contributed by atoms with E-state index in [0.717, 1.165) is 5.56 Å².